The van der Waals surface area contributed by atoms with Crippen LogP contribution in [0, 0.1) is 5.82 Å². The number of carbonyl (C=O) groups excluding carboxylic acids is 1. The fourth-order valence-corrected chi connectivity index (χ4v) is 4.60. The topological polar surface area (TPSA) is 92.9 Å². The molecule has 8 nitrogen and oxygen atoms in total. The fourth-order valence-electron chi connectivity index (χ4n) is 4.60. The molecule has 0 radical (unpaired) electrons. The van der Waals surface area contributed by atoms with Crippen LogP contribution < -0.4 is 10.2 Å². The van der Waals surface area contributed by atoms with Crippen molar-refractivity contribution in [3.8, 4) is 11.5 Å². The van der Waals surface area contributed by atoms with Gasteiger partial charge >= 0.3 is 6.01 Å². The standard InChI is InChI=1S/C28H24FN5O3/c29-23-17-20(34-12-14-36-15-13-34)10-11-22(23)27-32-33-28(37-27)31-26-24(35)16-19-8-4-5-9-21(19)25(30-26)18-6-2-1-3-7-18/h1-11,17,26H,12-16H2,(H,31,33)/t26-/m0/s1. The van der Waals surface area contributed by atoms with Crippen molar-refractivity contribution in [3.05, 3.63) is 95.3 Å². The summed E-state index contributed by atoms with van der Waals surface area (Å²) in [6.45, 7) is 2.64. The monoisotopic (exact) mass is 497 g/mol. The second-order valence-electron chi connectivity index (χ2n) is 8.87. The molecule has 2 aliphatic heterocycles. The van der Waals surface area contributed by atoms with Crippen LogP contribution in [-0.2, 0) is 16.0 Å². The van der Waals surface area contributed by atoms with E-state index in [0.717, 1.165) is 22.4 Å². The van der Waals surface area contributed by atoms with E-state index in [4.69, 9.17) is 14.1 Å². The molecular weight excluding hydrogens is 473 g/mol. The Bertz CT molecular complexity index is 1460. The van der Waals surface area contributed by atoms with Gasteiger partial charge < -0.3 is 19.4 Å². The zero-order valence-electron chi connectivity index (χ0n) is 19.9. The summed E-state index contributed by atoms with van der Waals surface area (Å²) < 4.78 is 26.1. The van der Waals surface area contributed by atoms with E-state index in [9.17, 15) is 9.18 Å². The zero-order valence-corrected chi connectivity index (χ0v) is 19.9. The van der Waals surface area contributed by atoms with Gasteiger partial charge in [-0.2, -0.15) is 0 Å². The highest BCUT2D eigenvalue weighted by Gasteiger charge is 2.27. The Labute approximate surface area is 212 Å². The Balaban J connectivity index is 1.27. The Morgan fingerprint density at radius 2 is 1.70 bits per heavy atom. The molecule has 1 atom stereocenters. The molecule has 1 N–H and O–H groups in total. The molecule has 2 aliphatic rings. The minimum Gasteiger partial charge on any atom is -0.403 e. The first-order chi connectivity index (χ1) is 18.2. The summed E-state index contributed by atoms with van der Waals surface area (Å²) in [5, 5.41) is 11.0. The third-order valence-corrected chi connectivity index (χ3v) is 6.49. The predicted octanol–water partition coefficient (Wildman–Crippen LogP) is 4.11. The minimum atomic E-state index is -0.940. The van der Waals surface area contributed by atoms with Crippen LogP contribution in [0.4, 0.5) is 16.1 Å². The lowest BCUT2D eigenvalue weighted by molar-refractivity contribution is -0.119. The molecule has 0 spiro atoms. The lowest BCUT2D eigenvalue weighted by Crippen LogP contribution is -2.36. The average Bonchev–Trinajstić information content (AvgIpc) is 3.35. The van der Waals surface area contributed by atoms with Gasteiger partial charge in [-0.05, 0) is 23.8 Å². The Morgan fingerprint density at radius 3 is 2.51 bits per heavy atom. The number of aromatic nitrogens is 2. The number of ether oxygens (including phenoxy) is 1. The number of nitrogens with one attached hydrogen (secondary N) is 1. The van der Waals surface area contributed by atoms with Crippen molar-refractivity contribution in [1.82, 2.24) is 10.2 Å². The lowest BCUT2D eigenvalue weighted by atomic mass is 9.96. The third-order valence-electron chi connectivity index (χ3n) is 6.49. The van der Waals surface area contributed by atoms with Crippen LogP contribution in [0.15, 0.2) is 82.2 Å². The summed E-state index contributed by atoms with van der Waals surface area (Å²) in [5.74, 6) is -0.589. The molecule has 0 aliphatic carbocycles. The second kappa shape index (κ2) is 9.94. The maximum atomic E-state index is 15.0. The first kappa shape index (κ1) is 23.1. The van der Waals surface area contributed by atoms with Gasteiger partial charge in [-0.25, -0.2) is 4.39 Å². The number of rotatable bonds is 5. The predicted molar refractivity (Wildman–Crippen MR) is 137 cm³/mol. The lowest BCUT2D eigenvalue weighted by Gasteiger charge is -2.28. The van der Waals surface area contributed by atoms with Gasteiger partial charge in [0.1, 0.15) is 5.82 Å². The number of nitrogens with zero attached hydrogens (tertiary/aromatic N) is 4. The van der Waals surface area contributed by atoms with E-state index in [1.807, 2.05) is 60.7 Å². The number of ketones is 1. The van der Waals surface area contributed by atoms with Crippen molar-refractivity contribution in [3.63, 3.8) is 0 Å². The molecule has 0 bridgehead atoms. The minimum absolute atomic E-state index is 0.00729. The number of benzene rings is 3. The van der Waals surface area contributed by atoms with Crippen molar-refractivity contribution < 1.29 is 18.3 Å². The van der Waals surface area contributed by atoms with Crippen LogP contribution in [0.5, 0.6) is 0 Å². The molecule has 3 heterocycles. The summed E-state index contributed by atoms with van der Waals surface area (Å²) in [5.41, 5.74) is 4.35. The number of carbonyl (C=O) groups is 1. The number of hydrogen-bond donors (Lipinski definition) is 1. The fraction of sp³-hybridized carbons (Fsp3) is 0.214. The first-order valence-corrected chi connectivity index (χ1v) is 12.1. The molecule has 6 rings (SSSR count). The van der Waals surface area contributed by atoms with E-state index in [1.165, 1.54) is 6.07 Å². The number of hydrogen-bond acceptors (Lipinski definition) is 8. The highest BCUT2D eigenvalue weighted by molar-refractivity contribution is 6.16. The SMILES string of the molecule is O=C1Cc2ccccc2C(c2ccccc2)=N[C@H]1Nc1nnc(-c2ccc(N3CCOCC3)cc2F)o1. The van der Waals surface area contributed by atoms with Gasteiger partial charge in [-0.15, -0.1) is 5.10 Å². The van der Waals surface area contributed by atoms with Gasteiger partial charge in [0.2, 0.25) is 0 Å². The highest BCUT2D eigenvalue weighted by Crippen LogP contribution is 2.28. The Morgan fingerprint density at radius 1 is 0.919 bits per heavy atom. The van der Waals surface area contributed by atoms with E-state index in [1.54, 1.807) is 6.07 Å². The summed E-state index contributed by atoms with van der Waals surface area (Å²) in [4.78, 5) is 20.0. The van der Waals surface area contributed by atoms with E-state index in [-0.39, 0.29) is 29.7 Å². The third kappa shape index (κ3) is 4.73. The molecule has 37 heavy (non-hydrogen) atoms. The van der Waals surface area contributed by atoms with Crippen LogP contribution >= 0.6 is 0 Å². The molecule has 1 aromatic heterocycles. The molecule has 1 fully saturated rings. The zero-order chi connectivity index (χ0) is 25.2. The number of Topliss-reactive ketones (excluding diaryl/α,β-unsaturated/α-hetero) is 1. The highest BCUT2D eigenvalue weighted by atomic mass is 19.1. The quantitative estimate of drug-likeness (QED) is 0.444. The number of fused-ring (bicyclic) bond motifs is 1. The molecule has 1 saturated heterocycles. The molecule has 4 aromatic rings. The molecule has 0 unspecified atom stereocenters. The van der Waals surface area contributed by atoms with Crippen molar-refractivity contribution in [2.45, 2.75) is 12.6 Å². The molecule has 0 amide bonds. The Hall–Kier alpha value is -4.37. The van der Waals surface area contributed by atoms with E-state index >= 15 is 0 Å². The van der Waals surface area contributed by atoms with Gasteiger partial charge in [-0.1, -0.05) is 59.7 Å². The molecular formula is C28H24FN5O3. The number of anilines is 2. The largest absolute Gasteiger partial charge is 0.403 e. The van der Waals surface area contributed by atoms with Crippen LogP contribution in [0.1, 0.15) is 16.7 Å². The summed E-state index contributed by atoms with van der Waals surface area (Å²) in [7, 11) is 0. The van der Waals surface area contributed by atoms with Gasteiger partial charge in [0, 0.05) is 36.3 Å². The summed E-state index contributed by atoms with van der Waals surface area (Å²) in [6, 6.07) is 22.3. The van der Waals surface area contributed by atoms with Crippen molar-refractivity contribution in [2.75, 3.05) is 36.5 Å². The summed E-state index contributed by atoms with van der Waals surface area (Å²) >= 11 is 0. The molecule has 0 saturated carbocycles. The van der Waals surface area contributed by atoms with Crippen LogP contribution in [0.3, 0.4) is 0 Å². The smallest absolute Gasteiger partial charge is 0.317 e. The second-order valence-corrected chi connectivity index (χ2v) is 8.87. The molecule has 3 aromatic carbocycles. The maximum Gasteiger partial charge on any atom is 0.317 e. The van der Waals surface area contributed by atoms with Gasteiger partial charge in [0.05, 0.1) is 24.5 Å². The van der Waals surface area contributed by atoms with Crippen LogP contribution in [0.25, 0.3) is 11.5 Å². The number of morpholine rings is 1. The molecule has 186 valence electrons. The summed E-state index contributed by atoms with van der Waals surface area (Å²) in [6.07, 6.45) is -0.740. The maximum absolute atomic E-state index is 15.0. The molecule has 9 heteroatoms. The van der Waals surface area contributed by atoms with Crippen molar-refractivity contribution in [1.29, 1.82) is 0 Å². The van der Waals surface area contributed by atoms with E-state index in [0.29, 0.717) is 32.0 Å². The average molecular weight is 498 g/mol. The number of halogens is 1. The van der Waals surface area contributed by atoms with Crippen molar-refractivity contribution in [2.24, 2.45) is 4.99 Å². The number of aliphatic imine (C=N–C) groups is 1. The van der Waals surface area contributed by atoms with E-state index in [2.05, 4.69) is 20.4 Å². The van der Waals surface area contributed by atoms with Crippen molar-refractivity contribution >= 4 is 23.2 Å². The van der Waals surface area contributed by atoms with Crippen LogP contribution in [-0.4, -0.2) is 54.2 Å². The normalized spacial score (nSPS) is 17.6. The van der Waals surface area contributed by atoms with Gasteiger partial charge in [-0.3, -0.25) is 9.79 Å². The van der Waals surface area contributed by atoms with E-state index < -0.39 is 12.0 Å². The van der Waals surface area contributed by atoms with Gasteiger partial charge in [0.25, 0.3) is 5.89 Å². The van der Waals surface area contributed by atoms with Gasteiger partial charge in [0.15, 0.2) is 11.9 Å². The first-order valence-electron chi connectivity index (χ1n) is 12.1. The van der Waals surface area contributed by atoms with Crippen LogP contribution in [0.2, 0.25) is 0 Å². The Kier molecular flexibility index (Phi) is 6.20.